The smallest absolute Gasteiger partial charge is 0.239 e. The second-order valence-electron chi connectivity index (χ2n) is 8.10. The molecule has 2 saturated heterocycles. The van der Waals surface area contributed by atoms with Crippen LogP contribution in [0.4, 0.5) is 0 Å². The number of fused-ring (bicyclic) bond motifs is 2. The van der Waals surface area contributed by atoms with Crippen molar-refractivity contribution in [3.05, 3.63) is 0 Å². The average Bonchev–Trinajstić information content (AvgIpc) is 2.86. The molecule has 0 radical (unpaired) electrons. The number of carbonyl (C=O) groups is 1. The molecule has 0 aromatic rings. The molecule has 2 atom stereocenters. The van der Waals surface area contributed by atoms with Crippen LogP contribution in [-0.2, 0) is 14.8 Å². The Labute approximate surface area is 145 Å². The van der Waals surface area contributed by atoms with E-state index in [2.05, 4.69) is 17.0 Å². The van der Waals surface area contributed by atoms with Crippen LogP contribution in [0.3, 0.4) is 0 Å². The maximum absolute atomic E-state index is 12.5. The Morgan fingerprint density at radius 3 is 2.25 bits per heavy atom. The van der Waals surface area contributed by atoms with Gasteiger partial charge in [0.15, 0.2) is 0 Å². The Morgan fingerprint density at radius 1 is 1.08 bits per heavy atom. The fourth-order valence-electron chi connectivity index (χ4n) is 4.48. The third-order valence-corrected chi connectivity index (χ3v) is 7.38. The van der Waals surface area contributed by atoms with Gasteiger partial charge in [0, 0.05) is 31.2 Å². The van der Waals surface area contributed by atoms with Crippen LogP contribution >= 0.6 is 0 Å². The lowest BCUT2D eigenvalue weighted by atomic mass is 9.88. The van der Waals surface area contributed by atoms with Crippen molar-refractivity contribution < 1.29 is 13.2 Å². The van der Waals surface area contributed by atoms with Crippen LogP contribution in [0.15, 0.2) is 0 Å². The number of hydrogen-bond donors (Lipinski definition) is 2. The first kappa shape index (κ1) is 18.1. The summed E-state index contributed by atoms with van der Waals surface area (Å²) in [5.41, 5.74) is 0. The maximum Gasteiger partial charge on any atom is 0.239 e. The van der Waals surface area contributed by atoms with Crippen molar-refractivity contribution in [1.82, 2.24) is 14.9 Å². The van der Waals surface area contributed by atoms with Gasteiger partial charge in [0.25, 0.3) is 0 Å². The van der Waals surface area contributed by atoms with Crippen molar-refractivity contribution >= 4 is 15.9 Å². The molecule has 1 saturated carbocycles. The zero-order chi connectivity index (χ0) is 17.3. The lowest BCUT2D eigenvalue weighted by Crippen LogP contribution is -2.51. The van der Waals surface area contributed by atoms with E-state index in [9.17, 15) is 13.2 Å². The summed E-state index contributed by atoms with van der Waals surface area (Å²) in [5, 5.41) is 3.55. The second kappa shape index (κ2) is 7.30. The molecule has 1 amide bonds. The molecule has 3 rings (SSSR count). The Balaban J connectivity index is 1.51. The van der Waals surface area contributed by atoms with E-state index in [-0.39, 0.29) is 18.0 Å². The Morgan fingerprint density at radius 2 is 1.67 bits per heavy atom. The van der Waals surface area contributed by atoms with Gasteiger partial charge in [-0.3, -0.25) is 4.79 Å². The van der Waals surface area contributed by atoms with Crippen molar-refractivity contribution in [2.45, 2.75) is 82.5 Å². The van der Waals surface area contributed by atoms with E-state index >= 15 is 0 Å². The molecular formula is C17H31N3O3S. The zero-order valence-corrected chi connectivity index (χ0v) is 15.6. The van der Waals surface area contributed by atoms with Crippen molar-refractivity contribution in [3.63, 3.8) is 0 Å². The molecule has 0 aromatic heterocycles. The van der Waals surface area contributed by atoms with Crippen LogP contribution < -0.4 is 10.0 Å². The van der Waals surface area contributed by atoms with Crippen molar-refractivity contribution in [2.24, 2.45) is 5.92 Å². The van der Waals surface area contributed by atoms with Gasteiger partial charge in [-0.05, 0) is 57.3 Å². The van der Waals surface area contributed by atoms with Gasteiger partial charge in [0.2, 0.25) is 15.9 Å². The number of piperidine rings is 1. The quantitative estimate of drug-likeness (QED) is 0.776. The highest BCUT2D eigenvalue weighted by Gasteiger charge is 2.37. The van der Waals surface area contributed by atoms with Crippen LogP contribution in [-0.4, -0.2) is 56.2 Å². The summed E-state index contributed by atoms with van der Waals surface area (Å²) in [5.74, 6) is -0.0266. The van der Waals surface area contributed by atoms with E-state index < -0.39 is 15.8 Å². The Hall–Kier alpha value is -0.660. The average molecular weight is 358 g/mol. The van der Waals surface area contributed by atoms with Gasteiger partial charge >= 0.3 is 0 Å². The first-order valence-corrected chi connectivity index (χ1v) is 11.0. The van der Waals surface area contributed by atoms with Gasteiger partial charge in [0.1, 0.15) is 5.75 Å². The van der Waals surface area contributed by atoms with Crippen molar-refractivity contribution in [2.75, 3.05) is 12.8 Å². The molecule has 2 heterocycles. The molecular weight excluding hydrogens is 326 g/mol. The van der Waals surface area contributed by atoms with Gasteiger partial charge in [-0.15, -0.1) is 0 Å². The minimum Gasteiger partial charge on any atom is -0.342 e. The minimum atomic E-state index is -3.55. The molecule has 24 heavy (non-hydrogen) atoms. The molecule has 0 spiro atoms. The summed E-state index contributed by atoms with van der Waals surface area (Å²) in [7, 11) is -1.79. The molecule has 6 nitrogen and oxygen atoms in total. The summed E-state index contributed by atoms with van der Waals surface area (Å²) < 4.78 is 27.4. The lowest BCUT2D eigenvalue weighted by molar-refractivity contribution is -0.129. The predicted octanol–water partition coefficient (Wildman–Crippen LogP) is 1.23. The van der Waals surface area contributed by atoms with Gasteiger partial charge < -0.3 is 10.2 Å². The molecule has 1 aliphatic carbocycles. The topological polar surface area (TPSA) is 78.5 Å². The summed E-state index contributed by atoms with van der Waals surface area (Å²) in [6.45, 7) is 2.20. The number of sulfonamides is 1. The molecule has 138 valence electrons. The van der Waals surface area contributed by atoms with E-state index in [4.69, 9.17) is 0 Å². The van der Waals surface area contributed by atoms with Gasteiger partial charge in [-0.25, -0.2) is 13.1 Å². The Bertz CT molecular complexity index is 545. The summed E-state index contributed by atoms with van der Waals surface area (Å²) in [6, 6.07) is 1.15. The summed E-state index contributed by atoms with van der Waals surface area (Å²) in [4.78, 5) is 14.1. The van der Waals surface area contributed by atoms with E-state index in [1.807, 2.05) is 0 Å². The summed E-state index contributed by atoms with van der Waals surface area (Å²) >= 11 is 0. The molecule has 7 heteroatoms. The standard InChI is InChI=1S/C17H31N3O3S/c1-12-3-5-13(6-4-12)19-24(22,23)11-17(21)20(2)16-9-14-7-8-15(10-16)18-14/h12-16,18-19H,3-11H2,1-2H3. The Kier molecular flexibility index (Phi) is 5.52. The molecule has 2 N–H and O–H groups in total. The van der Waals surface area contributed by atoms with E-state index in [1.54, 1.807) is 11.9 Å². The van der Waals surface area contributed by atoms with E-state index in [0.717, 1.165) is 38.5 Å². The lowest BCUT2D eigenvalue weighted by Gasteiger charge is -2.35. The van der Waals surface area contributed by atoms with Crippen molar-refractivity contribution in [3.8, 4) is 0 Å². The van der Waals surface area contributed by atoms with Crippen LogP contribution in [0.5, 0.6) is 0 Å². The number of nitrogens with zero attached hydrogens (tertiary/aromatic N) is 1. The van der Waals surface area contributed by atoms with Crippen LogP contribution in [0.1, 0.15) is 58.3 Å². The molecule has 3 aliphatic rings. The number of hydrogen-bond acceptors (Lipinski definition) is 4. The maximum atomic E-state index is 12.5. The zero-order valence-electron chi connectivity index (χ0n) is 14.8. The first-order chi connectivity index (χ1) is 11.3. The molecule has 2 unspecified atom stereocenters. The van der Waals surface area contributed by atoms with Crippen molar-refractivity contribution in [1.29, 1.82) is 0 Å². The highest BCUT2D eigenvalue weighted by Crippen LogP contribution is 2.29. The van der Waals surface area contributed by atoms with E-state index in [0.29, 0.717) is 18.0 Å². The molecule has 2 bridgehead atoms. The highest BCUT2D eigenvalue weighted by atomic mass is 32.2. The number of nitrogens with one attached hydrogen (secondary N) is 2. The fraction of sp³-hybridized carbons (Fsp3) is 0.941. The fourth-order valence-corrected chi connectivity index (χ4v) is 5.84. The highest BCUT2D eigenvalue weighted by molar-refractivity contribution is 7.90. The normalized spacial score (nSPS) is 36.5. The number of amides is 1. The third-order valence-electron chi connectivity index (χ3n) is 6.06. The SMILES string of the molecule is CC1CCC(NS(=O)(=O)CC(=O)N(C)C2CC3CCC(C2)N3)CC1. The van der Waals surface area contributed by atoms with Crippen LogP contribution in [0, 0.1) is 5.92 Å². The van der Waals surface area contributed by atoms with E-state index in [1.165, 1.54) is 12.8 Å². The third kappa shape index (κ3) is 4.49. The van der Waals surface area contributed by atoms with Gasteiger partial charge in [-0.2, -0.15) is 0 Å². The number of carbonyl (C=O) groups excluding carboxylic acids is 1. The minimum absolute atomic E-state index is 0.000897. The van der Waals surface area contributed by atoms with Crippen LogP contribution in [0.2, 0.25) is 0 Å². The van der Waals surface area contributed by atoms with Crippen LogP contribution in [0.25, 0.3) is 0 Å². The number of rotatable bonds is 5. The molecule has 2 aliphatic heterocycles. The monoisotopic (exact) mass is 357 g/mol. The first-order valence-electron chi connectivity index (χ1n) is 9.34. The second-order valence-corrected chi connectivity index (χ2v) is 9.86. The van der Waals surface area contributed by atoms with Gasteiger partial charge in [0.05, 0.1) is 0 Å². The summed E-state index contributed by atoms with van der Waals surface area (Å²) in [6.07, 6.45) is 8.08. The largest absolute Gasteiger partial charge is 0.342 e. The van der Waals surface area contributed by atoms with Gasteiger partial charge in [-0.1, -0.05) is 6.92 Å². The molecule has 3 fully saturated rings. The molecule has 0 aromatic carbocycles. The predicted molar refractivity (Wildman–Crippen MR) is 94.1 cm³/mol.